The Kier molecular flexibility index (Phi) is 5.86. The fraction of sp³-hybridized carbons (Fsp3) is 0.875. The van der Waals surface area contributed by atoms with E-state index in [4.69, 9.17) is 0 Å². The van der Waals surface area contributed by atoms with E-state index in [0.29, 0.717) is 18.7 Å². The van der Waals surface area contributed by atoms with Gasteiger partial charge in [-0.05, 0) is 23.9 Å². The molecular weight excluding hydrogens is 262 g/mol. The Morgan fingerprint density at radius 1 is 1.47 bits per heavy atom. The number of hydrogen-bond donors (Lipinski definition) is 1. The third-order valence-corrected chi connectivity index (χ3v) is 4.04. The van der Waals surface area contributed by atoms with Crippen LogP contribution in [0.1, 0.15) is 6.42 Å². The lowest BCUT2D eigenvalue weighted by atomic mass is 10.6. The molecule has 1 N–H and O–H groups in total. The molecule has 0 saturated heterocycles. The minimum Gasteiger partial charge on any atom is -0.318 e. The summed E-state index contributed by atoms with van der Waals surface area (Å²) >= 11 is 1.48. The SMILES string of the molecule is CNCCn1nnnc1SCCCS(C)(=O)=O. The third-order valence-electron chi connectivity index (χ3n) is 1.96. The van der Waals surface area contributed by atoms with Crippen molar-refractivity contribution in [1.29, 1.82) is 0 Å². The monoisotopic (exact) mass is 279 g/mol. The van der Waals surface area contributed by atoms with Gasteiger partial charge in [0.2, 0.25) is 5.16 Å². The summed E-state index contributed by atoms with van der Waals surface area (Å²) in [7, 11) is -1.01. The molecule has 0 amide bonds. The first-order chi connectivity index (χ1) is 8.03. The molecule has 0 spiro atoms. The van der Waals surface area contributed by atoms with E-state index < -0.39 is 9.84 Å². The highest BCUT2D eigenvalue weighted by Gasteiger charge is 2.07. The van der Waals surface area contributed by atoms with E-state index in [-0.39, 0.29) is 5.75 Å². The predicted molar refractivity (Wildman–Crippen MR) is 66.8 cm³/mol. The molecule has 7 nitrogen and oxygen atoms in total. The molecule has 17 heavy (non-hydrogen) atoms. The highest BCUT2D eigenvalue weighted by molar-refractivity contribution is 7.99. The van der Waals surface area contributed by atoms with Crippen LogP contribution in [0.25, 0.3) is 0 Å². The second kappa shape index (κ2) is 6.92. The second-order valence-corrected chi connectivity index (χ2v) is 6.94. The minimum atomic E-state index is -2.87. The molecule has 0 saturated carbocycles. The van der Waals surface area contributed by atoms with Crippen molar-refractivity contribution in [2.45, 2.75) is 18.1 Å². The van der Waals surface area contributed by atoms with E-state index >= 15 is 0 Å². The van der Waals surface area contributed by atoms with Gasteiger partial charge in [0.05, 0.1) is 12.3 Å². The summed E-state index contributed by atoms with van der Waals surface area (Å²) in [4.78, 5) is 0. The van der Waals surface area contributed by atoms with E-state index in [1.165, 1.54) is 18.0 Å². The highest BCUT2D eigenvalue weighted by atomic mass is 32.2. The number of tetrazole rings is 1. The zero-order valence-electron chi connectivity index (χ0n) is 9.96. The lowest BCUT2D eigenvalue weighted by molar-refractivity contribution is 0.530. The maximum absolute atomic E-state index is 10.9. The van der Waals surface area contributed by atoms with Gasteiger partial charge in [0.25, 0.3) is 0 Å². The van der Waals surface area contributed by atoms with Gasteiger partial charge in [-0.15, -0.1) is 5.10 Å². The number of nitrogens with zero attached hydrogens (tertiary/aromatic N) is 4. The molecule has 1 heterocycles. The Morgan fingerprint density at radius 3 is 2.88 bits per heavy atom. The average Bonchev–Trinajstić information content (AvgIpc) is 2.67. The van der Waals surface area contributed by atoms with E-state index in [1.54, 1.807) is 4.68 Å². The summed E-state index contributed by atoms with van der Waals surface area (Å²) in [5, 5.41) is 15.1. The van der Waals surface area contributed by atoms with E-state index in [0.717, 1.165) is 11.7 Å². The molecule has 9 heteroatoms. The zero-order chi connectivity index (χ0) is 12.7. The predicted octanol–water partition coefficient (Wildman–Crippen LogP) is -0.581. The van der Waals surface area contributed by atoms with Gasteiger partial charge in [-0.25, -0.2) is 13.1 Å². The summed E-state index contributed by atoms with van der Waals surface area (Å²) < 4.78 is 23.6. The molecule has 1 aromatic rings. The molecular formula is C8H17N5O2S2. The number of nitrogens with one attached hydrogen (secondary N) is 1. The van der Waals surface area contributed by atoms with Gasteiger partial charge >= 0.3 is 0 Å². The van der Waals surface area contributed by atoms with Crippen LogP contribution >= 0.6 is 11.8 Å². The van der Waals surface area contributed by atoms with E-state index in [1.807, 2.05) is 7.05 Å². The topological polar surface area (TPSA) is 89.8 Å². The zero-order valence-corrected chi connectivity index (χ0v) is 11.6. The van der Waals surface area contributed by atoms with Crippen LogP contribution < -0.4 is 5.32 Å². The van der Waals surface area contributed by atoms with E-state index in [2.05, 4.69) is 20.8 Å². The van der Waals surface area contributed by atoms with Crippen LogP contribution in [-0.4, -0.2) is 60.0 Å². The van der Waals surface area contributed by atoms with Gasteiger partial charge in [-0.1, -0.05) is 11.8 Å². The quantitative estimate of drug-likeness (QED) is 0.503. The first-order valence-corrected chi connectivity index (χ1v) is 8.29. The van der Waals surface area contributed by atoms with Crippen LogP contribution in [0.2, 0.25) is 0 Å². The Balaban J connectivity index is 2.33. The lowest BCUT2D eigenvalue weighted by Crippen LogP contribution is -2.16. The van der Waals surface area contributed by atoms with Crippen molar-refractivity contribution < 1.29 is 8.42 Å². The number of aromatic nitrogens is 4. The third kappa shape index (κ3) is 5.99. The number of hydrogen-bond acceptors (Lipinski definition) is 7. The Morgan fingerprint density at radius 2 is 2.24 bits per heavy atom. The van der Waals surface area contributed by atoms with Crippen molar-refractivity contribution in [1.82, 2.24) is 25.5 Å². The molecule has 98 valence electrons. The number of thioether (sulfide) groups is 1. The summed E-state index contributed by atoms with van der Waals surface area (Å²) in [6, 6.07) is 0. The van der Waals surface area contributed by atoms with Gasteiger partial charge < -0.3 is 5.32 Å². The van der Waals surface area contributed by atoms with Crippen molar-refractivity contribution in [3.63, 3.8) is 0 Å². The molecule has 0 radical (unpaired) electrons. The van der Waals surface area contributed by atoms with Gasteiger partial charge in [0, 0.05) is 18.6 Å². The van der Waals surface area contributed by atoms with E-state index in [9.17, 15) is 8.42 Å². The van der Waals surface area contributed by atoms with Crippen molar-refractivity contribution in [3.8, 4) is 0 Å². The van der Waals surface area contributed by atoms with Crippen molar-refractivity contribution in [3.05, 3.63) is 0 Å². The summed E-state index contributed by atoms with van der Waals surface area (Å²) in [5.74, 6) is 0.908. The maximum Gasteiger partial charge on any atom is 0.209 e. The maximum atomic E-state index is 10.9. The average molecular weight is 279 g/mol. The first-order valence-electron chi connectivity index (χ1n) is 5.24. The smallest absolute Gasteiger partial charge is 0.209 e. The molecule has 0 aliphatic heterocycles. The van der Waals surface area contributed by atoms with Crippen molar-refractivity contribution in [2.75, 3.05) is 31.4 Å². The van der Waals surface area contributed by atoms with Gasteiger partial charge in [-0.2, -0.15) is 0 Å². The van der Waals surface area contributed by atoms with Gasteiger partial charge in [-0.3, -0.25) is 0 Å². The van der Waals surface area contributed by atoms with Crippen LogP contribution in [0.5, 0.6) is 0 Å². The highest BCUT2D eigenvalue weighted by Crippen LogP contribution is 2.14. The van der Waals surface area contributed by atoms with Crippen molar-refractivity contribution >= 4 is 21.6 Å². The molecule has 0 unspecified atom stereocenters. The molecule has 1 aromatic heterocycles. The van der Waals surface area contributed by atoms with Crippen LogP contribution in [0.15, 0.2) is 5.16 Å². The molecule has 0 aromatic carbocycles. The lowest BCUT2D eigenvalue weighted by Gasteiger charge is -2.03. The Hall–Kier alpha value is -0.670. The summed E-state index contributed by atoms with van der Waals surface area (Å²) in [6.45, 7) is 1.50. The Labute approximate surface area is 105 Å². The molecule has 0 bridgehead atoms. The van der Waals surface area contributed by atoms with Crippen LogP contribution in [0.4, 0.5) is 0 Å². The largest absolute Gasteiger partial charge is 0.318 e. The van der Waals surface area contributed by atoms with Crippen LogP contribution in [0.3, 0.4) is 0 Å². The van der Waals surface area contributed by atoms with Gasteiger partial charge in [0.15, 0.2) is 0 Å². The fourth-order valence-corrected chi connectivity index (χ4v) is 2.84. The molecule has 0 fully saturated rings. The van der Waals surface area contributed by atoms with Crippen molar-refractivity contribution in [2.24, 2.45) is 0 Å². The molecule has 0 aliphatic rings. The molecule has 1 rings (SSSR count). The molecule has 0 atom stereocenters. The number of rotatable bonds is 8. The first kappa shape index (κ1) is 14.4. The number of sulfone groups is 1. The van der Waals surface area contributed by atoms with Crippen LogP contribution in [0, 0.1) is 0 Å². The number of likely N-dealkylation sites (N-methyl/N-ethyl adjacent to an activating group) is 1. The summed E-state index contributed by atoms with van der Waals surface area (Å²) in [6.07, 6.45) is 1.86. The summed E-state index contributed by atoms with van der Waals surface area (Å²) in [5.41, 5.74) is 0. The van der Waals surface area contributed by atoms with Gasteiger partial charge in [0.1, 0.15) is 9.84 Å². The fourth-order valence-electron chi connectivity index (χ4n) is 1.14. The minimum absolute atomic E-state index is 0.206. The Bertz CT molecular complexity index is 431. The van der Waals surface area contributed by atoms with Crippen LogP contribution in [-0.2, 0) is 16.4 Å². The molecule has 0 aliphatic carbocycles. The normalized spacial score (nSPS) is 11.9. The second-order valence-electron chi connectivity index (χ2n) is 3.62. The standard InChI is InChI=1S/C8H17N5O2S2/c1-9-4-5-13-8(10-11-12-13)16-6-3-7-17(2,14)15/h9H,3-7H2,1-2H3.